The summed E-state index contributed by atoms with van der Waals surface area (Å²) in [6.45, 7) is 1.87. The molecule has 1 saturated heterocycles. The molecule has 0 aromatic heterocycles. The van der Waals surface area contributed by atoms with Gasteiger partial charge in [0.25, 0.3) is 0 Å². The van der Waals surface area contributed by atoms with E-state index < -0.39 is 7.75 Å². The molecule has 1 aliphatic heterocycles. The van der Waals surface area contributed by atoms with Crippen LogP contribution in [-0.2, 0) is 13.6 Å². The van der Waals surface area contributed by atoms with Crippen molar-refractivity contribution < 1.29 is 13.6 Å². The second kappa shape index (κ2) is 6.31. The molecule has 0 aromatic rings. The number of alkyl halides is 2. The van der Waals surface area contributed by atoms with Gasteiger partial charge in [0.15, 0.2) is 0 Å². The van der Waals surface area contributed by atoms with Crippen LogP contribution in [-0.4, -0.2) is 42.7 Å². The third-order valence-corrected chi connectivity index (χ3v) is 4.28. The highest BCUT2D eigenvalue weighted by Crippen LogP contribution is 2.53. The van der Waals surface area contributed by atoms with Gasteiger partial charge in [-0.2, -0.15) is 0 Å². The van der Waals surface area contributed by atoms with Gasteiger partial charge in [0.1, 0.15) is 0 Å². The molecule has 0 N–H and O–H groups in total. The van der Waals surface area contributed by atoms with Crippen molar-refractivity contribution in [3.05, 3.63) is 0 Å². The molecule has 14 heavy (non-hydrogen) atoms. The number of hydrogen-bond donors (Lipinski definition) is 0. The highest BCUT2D eigenvalue weighted by molar-refractivity contribution is 7.51. The minimum absolute atomic E-state index is 0.383. The van der Waals surface area contributed by atoms with E-state index in [1.165, 1.54) is 0 Å². The molecule has 0 aromatic carbocycles. The molecule has 4 nitrogen and oxygen atoms in total. The summed E-state index contributed by atoms with van der Waals surface area (Å²) in [7, 11) is -3.09. The maximum absolute atomic E-state index is 12.1. The predicted octanol–water partition coefficient (Wildman–Crippen LogP) is 2.31. The highest BCUT2D eigenvalue weighted by atomic mass is 35.5. The summed E-state index contributed by atoms with van der Waals surface area (Å²) >= 11 is 11.2. The van der Waals surface area contributed by atoms with Crippen molar-refractivity contribution in [1.29, 1.82) is 0 Å². The number of nitrogens with zero attached hydrogens (tertiary/aromatic N) is 1. The molecule has 1 heterocycles. The van der Waals surface area contributed by atoms with Crippen molar-refractivity contribution in [2.75, 3.05) is 38.1 Å². The van der Waals surface area contributed by atoms with Crippen LogP contribution >= 0.6 is 30.9 Å². The number of hydrogen-bond acceptors (Lipinski definition) is 3. The molecule has 0 unspecified atom stereocenters. The zero-order chi connectivity index (χ0) is 10.4. The quantitative estimate of drug-likeness (QED) is 0.563. The Morgan fingerprint density at radius 1 is 1.14 bits per heavy atom. The lowest BCUT2D eigenvalue weighted by Gasteiger charge is -2.31. The van der Waals surface area contributed by atoms with E-state index in [1.54, 1.807) is 4.67 Å². The Labute approximate surface area is 94.0 Å². The summed E-state index contributed by atoms with van der Waals surface area (Å²) in [5.41, 5.74) is 0. The van der Waals surface area contributed by atoms with Crippen LogP contribution in [0.2, 0.25) is 0 Å². The fourth-order valence-corrected chi connectivity index (χ4v) is 3.63. The number of rotatable bonds is 5. The van der Waals surface area contributed by atoms with E-state index in [2.05, 4.69) is 0 Å². The van der Waals surface area contributed by atoms with Crippen LogP contribution in [0.25, 0.3) is 0 Å². The minimum atomic E-state index is -3.09. The second-order valence-electron chi connectivity index (χ2n) is 2.82. The second-order valence-corrected chi connectivity index (χ2v) is 5.60. The Morgan fingerprint density at radius 2 is 1.64 bits per heavy atom. The first-order chi connectivity index (χ1) is 6.73. The van der Waals surface area contributed by atoms with Crippen LogP contribution in [0.3, 0.4) is 0 Å². The van der Waals surface area contributed by atoms with Gasteiger partial charge in [-0.05, 0) is 6.42 Å². The Kier molecular flexibility index (Phi) is 5.75. The summed E-state index contributed by atoms with van der Waals surface area (Å²) in [5, 5.41) is 0. The molecule has 7 heteroatoms. The van der Waals surface area contributed by atoms with E-state index in [0.717, 1.165) is 6.42 Å². The van der Waals surface area contributed by atoms with Crippen molar-refractivity contribution in [2.45, 2.75) is 6.42 Å². The van der Waals surface area contributed by atoms with Gasteiger partial charge in [0.2, 0.25) is 0 Å². The average molecular weight is 262 g/mol. The number of halogens is 2. The summed E-state index contributed by atoms with van der Waals surface area (Å²) < 4.78 is 24.0. The van der Waals surface area contributed by atoms with E-state index in [4.69, 9.17) is 32.2 Å². The van der Waals surface area contributed by atoms with Crippen molar-refractivity contribution in [3.63, 3.8) is 0 Å². The smallest absolute Gasteiger partial charge is 0.297 e. The van der Waals surface area contributed by atoms with Crippen molar-refractivity contribution in [1.82, 2.24) is 4.67 Å². The molecule has 0 saturated carbocycles. The lowest BCUT2D eigenvalue weighted by atomic mass is 10.5. The molecule has 1 rings (SSSR count). The lowest BCUT2D eigenvalue weighted by Crippen LogP contribution is -2.29. The van der Waals surface area contributed by atoms with Gasteiger partial charge in [-0.25, -0.2) is 9.24 Å². The molecular weight excluding hydrogens is 248 g/mol. The first-order valence-electron chi connectivity index (χ1n) is 4.49. The Balaban J connectivity index is 2.58. The molecule has 84 valence electrons. The topological polar surface area (TPSA) is 38.8 Å². The molecule has 0 spiro atoms. The lowest BCUT2D eigenvalue weighted by molar-refractivity contribution is 0.112. The molecule has 0 amide bonds. The van der Waals surface area contributed by atoms with Gasteiger partial charge >= 0.3 is 7.75 Å². The van der Waals surface area contributed by atoms with Crippen molar-refractivity contribution in [2.24, 2.45) is 0 Å². The van der Waals surface area contributed by atoms with Crippen molar-refractivity contribution in [3.8, 4) is 0 Å². The van der Waals surface area contributed by atoms with Gasteiger partial charge < -0.3 is 0 Å². The van der Waals surface area contributed by atoms with Gasteiger partial charge in [-0.3, -0.25) is 9.05 Å². The van der Waals surface area contributed by atoms with Crippen LogP contribution in [0.15, 0.2) is 0 Å². The van der Waals surface area contributed by atoms with E-state index in [9.17, 15) is 4.57 Å². The maximum Gasteiger partial charge on any atom is 0.408 e. The fourth-order valence-electron chi connectivity index (χ4n) is 1.17. The SMILES string of the molecule is O=P1(N(CCCl)CCCl)OCCCO1. The monoisotopic (exact) mass is 261 g/mol. The van der Waals surface area contributed by atoms with E-state index in [0.29, 0.717) is 38.1 Å². The molecule has 1 aliphatic rings. The molecule has 0 atom stereocenters. The summed E-state index contributed by atoms with van der Waals surface area (Å²) in [6, 6.07) is 0. The standard InChI is InChI=1S/C7H14Cl2NO3P/c8-2-4-10(5-3-9)14(11)12-6-1-7-13-14/h1-7H2. The van der Waals surface area contributed by atoms with Gasteiger partial charge in [-0.15, -0.1) is 23.2 Å². The van der Waals surface area contributed by atoms with Crippen molar-refractivity contribution >= 4 is 30.9 Å². The van der Waals surface area contributed by atoms with Gasteiger partial charge in [0.05, 0.1) is 13.2 Å². The summed E-state index contributed by atoms with van der Waals surface area (Å²) in [4.78, 5) is 0. The van der Waals surface area contributed by atoms with Crippen LogP contribution in [0.5, 0.6) is 0 Å². The van der Waals surface area contributed by atoms with E-state index in [1.807, 2.05) is 0 Å². The molecule has 0 aliphatic carbocycles. The largest absolute Gasteiger partial charge is 0.408 e. The normalized spacial score (nSPS) is 21.4. The van der Waals surface area contributed by atoms with E-state index >= 15 is 0 Å². The molecule has 1 fully saturated rings. The minimum Gasteiger partial charge on any atom is -0.297 e. The van der Waals surface area contributed by atoms with Crippen LogP contribution in [0, 0.1) is 0 Å². The molecule has 0 radical (unpaired) electrons. The highest BCUT2D eigenvalue weighted by Gasteiger charge is 2.34. The Bertz CT molecular complexity index is 201. The molecular formula is C7H14Cl2NO3P. The maximum atomic E-state index is 12.1. The molecule has 0 bridgehead atoms. The van der Waals surface area contributed by atoms with E-state index in [-0.39, 0.29) is 0 Å². The Morgan fingerprint density at radius 3 is 2.07 bits per heavy atom. The van der Waals surface area contributed by atoms with Gasteiger partial charge in [0, 0.05) is 24.8 Å². The van der Waals surface area contributed by atoms with Crippen LogP contribution in [0.4, 0.5) is 0 Å². The first kappa shape index (κ1) is 12.8. The third kappa shape index (κ3) is 3.37. The van der Waals surface area contributed by atoms with Crippen LogP contribution in [0.1, 0.15) is 6.42 Å². The zero-order valence-electron chi connectivity index (χ0n) is 7.82. The summed E-state index contributed by atoms with van der Waals surface area (Å²) in [6.07, 6.45) is 0.777. The predicted molar refractivity (Wildman–Crippen MR) is 57.1 cm³/mol. The fraction of sp³-hybridized carbons (Fsp3) is 1.00. The average Bonchev–Trinajstić information content (AvgIpc) is 2.19. The van der Waals surface area contributed by atoms with Gasteiger partial charge in [-0.1, -0.05) is 0 Å². The zero-order valence-corrected chi connectivity index (χ0v) is 10.2. The summed E-state index contributed by atoms with van der Waals surface area (Å²) in [5.74, 6) is 0.765. The third-order valence-electron chi connectivity index (χ3n) is 1.83. The van der Waals surface area contributed by atoms with Crippen LogP contribution < -0.4 is 0 Å². The Hall–Kier alpha value is 0.690. The first-order valence-corrected chi connectivity index (χ1v) is 7.06.